The molecule has 0 atom stereocenters. The summed E-state index contributed by atoms with van der Waals surface area (Å²) in [7, 11) is 1.40. The summed E-state index contributed by atoms with van der Waals surface area (Å²) in [6.45, 7) is 0.0234. The molecule has 0 fully saturated rings. The van der Waals surface area contributed by atoms with Gasteiger partial charge in [0, 0.05) is 18.2 Å². The molecule has 2 nitrogen and oxygen atoms in total. The van der Waals surface area contributed by atoms with Crippen LogP contribution in [0.5, 0.6) is 0 Å². The van der Waals surface area contributed by atoms with Gasteiger partial charge in [-0.2, -0.15) is 5.26 Å². The summed E-state index contributed by atoms with van der Waals surface area (Å²) in [6.07, 6.45) is -0.129. The summed E-state index contributed by atoms with van der Waals surface area (Å²) in [5.41, 5.74) is 0.233. The maximum Gasteiger partial charge on any atom is 0.129 e. The Balaban J connectivity index is 3.05. The summed E-state index contributed by atoms with van der Waals surface area (Å²) in [5, 5.41) is 8.34. The summed E-state index contributed by atoms with van der Waals surface area (Å²) in [5.74, 6) is -1.11. The van der Waals surface area contributed by atoms with Crippen molar-refractivity contribution in [2.75, 3.05) is 7.11 Å². The van der Waals surface area contributed by atoms with Gasteiger partial charge in [-0.25, -0.2) is 8.78 Å². The van der Waals surface area contributed by atoms with E-state index in [9.17, 15) is 8.78 Å². The smallest absolute Gasteiger partial charge is 0.129 e. The van der Waals surface area contributed by atoms with E-state index in [-0.39, 0.29) is 24.2 Å². The molecule has 74 valence electrons. The van der Waals surface area contributed by atoms with E-state index < -0.39 is 11.6 Å². The van der Waals surface area contributed by atoms with Crippen molar-refractivity contribution in [2.24, 2.45) is 0 Å². The lowest BCUT2D eigenvalue weighted by Gasteiger charge is -2.04. The third kappa shape index (κ3) is 2.27. The molecule has 4 heteroatoms. The zero-order chi connectivity index (χ0) is 10.6. The first-order chi connectivity index (χ1) is 6.69. The lowest BCUT2D eigenvalue weighted by molar-refractivity contribution is 0.181. The van der Waals surface area contributed by atoms with E-state index in [4.69, 9.17) is 10.00 Å². The van der Waals surface area contributed by atoms with Crippen molar-refractivity contribution in [2.45, 2.75) is 13.0 Å². The van der Waals surface area contributed by atoms with Crippen molar-refractivity contribution in [1.82, 2.24) is 0 Å². The van der Waals surface area contributed by atoms with E-state index in [1.54, 1.807) is 6.07 Å². The largest absolute Gasteiger partial charge is 0.380 e. The van der Waals surface area contributed by atoms with E-state index >= 15 is 0 Å². The fraction of sp³-hybridized carbons (Fsp3) is 0.300. The van der Waals surface area contributed by atoms with E-state index in [2.05, 4.69) is 0 Å². The number of benzene rings is 1. The van der Waals surface area contributed by atoms with Crippen molar-refractivity contribution >= 4 is 0 Å². The Labute approximate surface area is 80.7 Å². The van der Waals surface area contributed by atoms with Gasteiger partial charge in [0.05, 0.1) is 19.1 Å². The summed E-state index contributed by atoms with van der Waals surface area (Å²) >= 11 is 0. The Kier molecular flexibility index (Phi) is 3.55. The Morgan fingerprint density at radius 1 is 1.29 bits per heavy atom. The molecular weight excluding hydrogens is 188 g/mol. The quantitative estimate of drug-likeness (QED) is 0.744. The van der Waals surface area contributed by atoms with Crippen LogP contribution in [0, 0.1) is 23.0 Å². The van der Waals surface area contributed by atoms with Crippen LogP contribution in [-0.4, -0.2) is 7.11 Å². The van der Waals surface area contributed by atoms with Crippen LogP contribution in [0.15, 0.2) is 12.1 Å². The monoisotopic (exact) mass is 197 g/mol. The highest BCUT2D eigenvalue weighted by atomic mass is 19.1. The Bertz CT molecular complexity index is 371. The molecule has 0 N–H and O–H groups in total. The molecule has 0 unspecified atom stereocenters. The fourth-order valence-corrected chi connectivity index (χ4v) is 1.12. The summed E-state index contributed by atoms with van der Waals surface area (Å²) < 4.78 is 31.0. The minimum Gasteiger partial charge on any atom is -0.380 e. The van der Waals surface area contributed by atoms with E-state index in [1.807, 2.05) is 0 Å². The maximum absolute atomic E-state index is 13.2. The van der Waals surface area contributed by atoms with Crippen LogP contribution in [-0.2, 0) is 17.8 Å². The molecule has 0 saturated heterocycles. The van der Waals surface area contributed by atoms with Crippen LogP contribution in [0.1, 0.15) is 11.1 Å². The molecule has 0 spiro atoms. The number of halogens is 2. The third-order valence-corrected chi connectivity index (χ3v) is 1.78. The number of nitriles is 1. The fourth-order valence-electron chi connectivity index (χ4n) is 1.12. The van der Waals surface area contributed by atoms with Crippen molar-refractivity contribution in [3.8, 4) is 6.07 Å². The minimum absolute atomic E-state index is 0.0234. The average Bonchev–Trinajstić information content (AvgIpc) is 2.14. The first kappa shape index (κ1) is 10.6. The Morgan fingerprint density at radius 3 is 2.43 bits per heavy atom. The van der Waals surface area contributed by atoms with E-state index in [0.717, 1.165) is 12.1 Å². The van der Waals surface area contributed by atoms with Crippen LogP contribution in [0.2, 0.25) is 0 Å². The predicted molar refractivity (Wildman–Crippen MR) is 46.4 cm³/mol. The van der Waals surface area contributed by atoms with Crippen LogP contribution in [0.4, 0.5) is 8.78 Å². The minimum atomic E-state index is -0.569. The van der Waals surface area contributed by atoms with Crippen LogP contribution < -0.4 is 0 Å². The molecule has 0 amide bonds. The number of ether oxygens (including phenoxy) is 1. The van der Waals surface area contributed by atoms with Gasteiger partial charge >= 0.3 is 0 Å². The molecule has 0 aliphatic rings. The molecule has 1 rings (SSSR count). The Hall–Kier alpha value is -1.47. The highest BCUT2D eigenvalue weighted by molar-refractivity contribution is 5.27. The zero-order valence-corrected chi connectivity index (χ0v) is 7.68. The van der Waals surface area contributed by atoms with Crippen molar-refractivity contribution < 1.29 is 13.5 Å². The highest BCUT2D eigenvalue weighted by Gasteiger charge is 2.09. The zero-order valence-electron chi connectivity index (χ0n) is 7.68. The molecular formula is C10H9F2NO. The Morgan fingerprint density at radius 2 is 1.86 bits per heavy atom. The van der Waals surface area contributed by atoms with Crippen LogP contribution in [0.3, 0.4) is 0 Å². The molecule has 0 radical (unpaired) electrons. The number of methoxy groups -OCH3 is 1. The normalized spacial score (nSPS) is 9.86. The molecule has 0 aromatic heterocycles. The lowest BCUT2D eigenvalue weighted by atomic mass is 10.1. The number of hydrogen-bond acceptors (Lipinski definition) is 2. The second-order valence-corrected chi connectivity index (χ2v) is 2.80. The van der Waals surface area contributed by atoms with Gasteiger partial charge in [0.25, 0.3) is 0 Å². The topological polar surface area (TPSA) is 33.0 Å². The molecule has 0 bridgehead atoms. The molecule has 1 aromatic rings. The molecule has 0 saturated carbocycles. The van der Waals surface area contributed by atoms with Crippen LogP contribution in [0.25, 0.3) is 0 Å². The summed E-state index contributed by atoms with van der Waals surface area (Å²) in [4.78, 5) is 0. The number of hydrogen-bond donors (Lipinski definition) is 0. The van der Waals surface area contributed by atoms with Crippen molar-refractivity contribution in [3.63, 3.8) is 0 Å². The molecule has 0 aliphatic carbocycles. The van der Waals surface area contributed by atoms with Gasteiger partial charge < -0.3 is 4.74 Å². The van der Waals surface area contributed by atoms with Gasteiger partial charge in [0.1, 0.15) is 11.6 Å². The molecule has 0 aliphatic heterocycles. The van der Waals surface area contributed by atoms with E-state index in [1.165, 1.54) is 7.11 Å². The SMILES string of the molecule is COCc1cc(F)c(CC#N)cc1F. The number of nitrogens with zero attached hydrogens (tertiary/aromatic N) is 1. The van der Waals surface area contributed by atoms with Gasteiger partial charge in [-0.15, -0.1) is 0 Å². The van der Waals surface area contributed by atoms with Crippen LogP contribution >= 0.6 is 0 Å². The standard InChI is InChI=1S/C10H9F2NO/c1-14-6-8-5-9(11)7(2-3-13)4-10(8)12/h4-5H,2,6H2,1H3. The molecule has 0 heterocycles. The molecule has 14 heavy (non-hydrogen) atoms. The average molecular weight is 197 g/mol. The maximum atomic E-state index is 13.2. The number of rotatable bonds is 3. The third-order valence-electron chi connectivity index (χ3n) is 1.78. The predicted octanol–water partition coefficient (Wildman–Crippen LogP) is 2.18. The lowest BCUT2D eigenvalue weighted by Crippen LogP contribution is -1.98. The van der Waals surface area contributed by atoms with Gasteiger partial charge in [0.15, 0.2) is 0 Å². The van der Waals surface area contributed by atoms with E-state index in [0.29, 0.717) is 0 Å². The second kappa shape index (κ2) is 4.68. The van der Waals surface area contributed by atoms with Gasteiger partial charge in [-0.05, 0) is 12.1 Å². The first-order valence-corrected chi connectivity index (χ1v) is 4.01. The van der Waals surface area contributed by atoms with Crippen molar-refractivity contribution in [1.29, 1.82) is 5.26 Å². The van der Waals surface area contributed by atoms with Gasteiger partial charge in [0.2, 0.25) is 0 Å². The van der Waals surface area contributed by atoms with Gasteiger partial charge in [-0.3, -0.25) is 0 Å². The summed E-state index contributed by atoms with van der Waals surface area (Å²) in [6, 6.07) is 3.86. The first-order valence-electron chi connectivity index (χ1n) is 4.01. The molecule has 1 aromatic carbocycles. The van der Waals surface area contributed by atoms with Crippen molar-refractivity contribution in [3.05, 3.63) is 34.9 Å². The van der Waals surface area contributed by atoms with Gasteiger partial charge in [-0.1, -0.05) is 0 Å². The highest BCUT2D eigenvalue weighted by Crippen LogP contribution is 2.16. The second-order valence-electron chi connectivity index (χ2n) is 2.80.